The van der Waals surface area contributed by atoms with Crippen LogP contribution in [0, 0.1) is 0 Å². The number of nitrogens with zero attached hydrogens (tertiary/aromatic N) is 8. The van der Waals surface area contributed by atoms with Gasteiger partial charge in [-0.25, -0.2) is 0 Å². The van der Waals surface area contributed by atoms with E-state index in [9.17, 15) is 53.7 Å². The first kappa shape index (κ1) is 62.8. The van der Waals surface area contributed by atoms with E-state index in [-0.39, 0.29) is 50.4 Å². The van der Waals surface area contributed by atoms with Gasteiger partial charge in [0.05, 0.1) is 39.3 Å². The highest BCUT2D eigenvalue weighted by Gasteiger charge is 2.25. The van der Waals surface area contributed by atoms with Gasteiger partial charge in [0.15, 0.2) is 0 Å². The van der Waals surface area contributed by atoms with Gasteiger partial charge in [-0.2, -0.15) is 0 Å². The zero-order valence-electron chi connectivity index (χ0n) is 44.7. The van der Waals surface area contributed by atoms with Crippen molar-refractivity contribution in [3.8, 4) is 0 Å². The number of hydrogen-bond acceptors (Lipinski definition) is 18. The Kier molecular flexibility index (Phi) is 27.2. The van der Waals surface area contributed by atoms with E-state index in [4.69, 9.17) is 9.47 Å². The van der Waals surface area contributed by atoms with Crippen molar-refractivity contribution in [2.75, 3.05) is 144 Å². The summed E-state index contributed by atoms with van der Waals surface area (Å²) < 4.78 is 11.2. The molecule has 0 amide bonds. The molecule has 0 bridgehead atoms. The van der Waals surface area contributed by atoms with Crippen molar-refractivity contribution in [3.05, 3.63) is 70.8 Å². The molecule has 0 aliphatic carbocycles. The molecule has 21 heteroatoms. The Morgan fingerprint density at radius 3 is 0.851 bits per heavy atom. The van der Waals surface area contributed by atoms with Gasteiger partial charge in [-0.15, -0.1) is 0 Å². The molecule has 2 aliphatic heterocycles. The first-order chi connectivity index (χ1) is 34.9. The molecule has 3 N–H and O–H groups in total. The summed E-state index contributed by atoms with van der Waals surface area (Å²) >= 11 is 0. The van der Waals surface area contributed by atoms with Gasteiger partial charge in [0.2, 0.25) is 0 Å². The van der Waals surface area contributed by atoms with Gasteiger partial charge in [0.25, 0.3) is 0 Å². The smallest absolute Gasteiger partial charge is 0.320 e. The summed E-state index contributed by atoms with van der Waals surface area (Å²) in [5, 5.41) is 27.8. The minimum atomic E-state index is -0.983. The van der Waals surface area contributed by atoms with E-state index in [0.29, 0.717) is 129 Å². The van der Waals surface area contributed by atoms with Gasteiger partial charge in [-0.05, 0) is 59.6 Å². The second kappa shape index (κ2) is 32.0. The lowest BCUT2D eigenvalue weighted by molar-refractivity contribution is -0.158. The number of aldehydes is 2. The molecule has 0 radical (unpaired) electrons. The predicted octanol–water partition coefficient (Wildman–Crippen LogP) is 1.97. The minimum absolute atomic E-state index is 0.0929. The maximum Gasteiger partial charge on any atom is 0.320 e. The van der Waals surface area contributed by atoms with Crippen LogP contribution in [0.15, 0.2) is 48.5 Å². The number of Topliss-reactive ketones (excluding diaryl/α,β-unsaturated/α-hetero) is 1. The molecule has 2 heterocycles. The molecule has 2 aliphatic rings. The van der Waals surface area contributed by atoms with Crippen molar-refractivity contribution in [2.45, 2.75) is 72.8 Å². The number of aliphatic carboxylic acids is 3. The summed E-state index contributed by atoms with van der Waals surface area (Å²) in [6.45, 7) is 22.7. The van der Waals surface area contributed by atoms with Crippen LogP contribution in [-0.2, 0) is 51.3 Å². The van der Waals surface area contributed by atoms with E-state index >= 15 is 0 Å². The van der Waals surface area contributed by atoms with Crippen molar-refractivity contribution in [1.82, 2.24) is 39.2 Å². The highest BCUT2D eigenvalue weighted by atomic mass is 16.6. The van der Waals surface area contributed by atoms with Crippen molar-refractivity contribution in [2.24, 2.45) is 0 Å². The number of carbonyl (C=O) groups is 8. The highest BCUT2D eigenvalue weighted by molar-refractivity contribution is 5.77. The van der Waals surface area contributed by atoms with Crippen molar-refractivity contribution in [3.63, 3.8) is 0 Å². The lowest BCUT2D eigenvalue weighted by Gasteiger charge is -2.34. The summed E-state index contributed by atoms with van der Waals surface area (Å²) in [7, 11) is 0. The number of carbonyl (C=O) groups excluding carboxylic acids is 5. The molecule has 4 rings (SSSR count). The first-order valence-corrected chi connectivity index (χ1v) is 25.3. The van der Waals surface area contributed by atoms with E-state index < -0.39 is 29.1 Å². The number of rotatable bonds is 18. The summed E-state index contributed by atoms with van der Waals surface area (Å²) in [5.74, 6) is -3.37. The minimum Gasteiger partial charge on any atom is -0.480 e. The molecular weight excluding hydrogens is 957 g/mol. The molecule has 0 saturated carbocycles. The summed E-state index contributed by atoms with van der Waals surface area (Å²) in [6, 6.07) is 14.8. The van der Waals surface area contributed by atoms with Crippen LogP contribution < -0.4 is 0 Å². The molecule has 2 aromatic rings. The van der Waals surface area contributed by atoms with Crippen LogP contribution in [0.4, 0.5) is 0 Å². The van der Waals surface area contributed by atoms with Crippen LogP contribution in [0.3, 0.4) is 0 Å². The summed E-state index contributed by atoms with van der Waals surface area (Å²) in [6.07, 6.45) is 1.61. The number of esters is 2. The maximum atomic E-state index is 12.8. The first-order valence-electron chi connectivity index (χ1n) is 25.3. The monoisotopic (exact) mass is 1040 g/mol. The average Bonchev–Trinajstić information content (AvgIpc) is 3.29. The molecule has 2 aromatic carbocycles. The normalized spacial score (nSPS) is 17.9. The van der Waals surface area contributed by atoms with E-state index in [2.05, 4.69) is 19.6 Å². The number of hydrogen-bond donors (Lipinski definition) is 3. The van der Waals surface area contributed by atoms with Gasteiger partial charge in [-0.1, -0.05) is 48.5 Å². The number of ketones is 1. The van der Waals surface area contributed by atoms with E-state index in [1.807, 2.05) is 82.8 Å². The van der Waals surface area contributed by atoms with Crippen molar-refractivity contribution in [1.29, 1.82) is 0 Å². The second-order valence-corrected chi connectivity index (χ2v) is 21.0. The van der Waals surface area contributed by atoms with Gasteiger partial charge in [0, 0.05) is 129 Å². The number of carboxylic acid groups (broad SMARTS) is 3. The van der Waals surface area contributed by atoms with Crippen molar-refractivity contribution < 1.29 is 63.1 Å². The SMILES string of the molecule is CC(=O)CN1CCN(CC(=O)OC(C)(C)C)CCN(CC(=O)OC(C)(C)C)CCN(Cc2ccc(C=O)cc2)CC1.O=Cc1ccc(CN2CCN(CC(=O)O)CCN(CC(=O)O)CCN(CC(=O)O)CC2)cc1. The zero-order valence-corrected chi connectivity index (χ0v) is 44.7. The Morgan fingerprint density at radius 1 is 0.405 bits per heavy atom. The van der Waals surface area contributed by atoms with E-state index in [1.54, 1.807) is 33.8 Å². The predicted molar refractivity (Wildman–Crippen MR) is 278 cm³/mol. The van der Waals surface area contributed by atoms with Gasteiger partial charge < -0.3 is 24.8 Å². The molecule has 0 aromatic heterocycles. The summed E-state index contributed by atoms with van der Waals surface area (Å²) in [4.78, 5) is 109. The quantitative estimate of drug-likeness (QED) is 0.143. The summed E-state index contributed by atoms with van der Waals surface area (Å²) in [5.41, 5.74) is 2.14. The molecule has 0 unspecified atom stereocenters. The Morgan fingerprint density at radius 2 is 0.635 bits per heavy atom. The van der Waals surface area contributed by atoms with Gasteiger partial charge >= 0.3 is 29.8 Å². The Bertz CT molecular complexity index is 2060. The molecule has 74 heavy (non-hydrogen) atoms. The number of ether oxygens (including phenoxy) is 2. The standard InChI is InChI=1S/C31H50N4O6.C22H32N4O7/c1-25(37)20-32-12-14-33(21-26-8-10-27(24-36)11-9-26)15-17-35(23-29(39)41-31(5,6)7)19-18-34(16-13-32)22-28(38)40-30(2,3)4;27-17-19-3-1-18(2-4-19)13-23-5-7-24(14-20(28)29)9-11-26(16-22(32)33)12-10-25(8-6-23)15-21(30)31/h8-11,24H,12-23H2,1-7H3;1-4,17H,5-16H2,(H,28,29)(H,30,31)(H,32,33). The highest BCUT2D eigenvalue weighted by Crippen LogP contribution is 2.13. The maximum absolute atomic E-state index is 12.8. The van der Waals surface area contributed by atoms with Crippen LogP contribution in [0.5, 0.6) is 0 Å². The number of benzene rings is 2. The fraction of sp³-hybridized carbons (Fsp3) is 0.623. The molecule has 412 valence electrons. The van der Waals surface area contributed by atoms with Crippen LogP contribution in [0.1, 0.15) is 80.3 Å². The Labute approximate surface area is 436 Å². The molecule has 0 atom stereocenters. The Balaban J connectivity index is 0.000000399. The number of carboxylic acids is 3. The molecule has 2 fully saturated rings. The zero-order chi connectivity index (χ0) is 54.8. The lowest BCUT2D eigenvalue weighted by Crippen LogP contribution is -2.49. The molecule has 21 nitrogen and oxygen atoms in total. The fourth-order valence-electron chi connectivity index (χ4n) is 8.34. The van der Waals surface area contributed by atoms with Gasteiger partial charge in [0.1, 0.15) is 29.6 Å². The van der Waals surface area contributed by atoms with Crippen LogP contribution in [0.2, 0.25) is 0 Å². The average molecular weight is 1040 g/mol. The molecular formula is C53H82N8O13. The van der Waals surface area contributed by atoms with Gasteiger partial charge in [-0.3, -0.25) is 77.6 Å². The van der Waals surface area contributed by atoms with Crippen molar-refractivity contribution >= 4 is 48.2 Å². The molecule has 0 spiro atoms. The largest absolute Gasteiger partial charge is 0.480 e. The van der Waals surface area contributed by atoms with Crippen LogP contribution in [0.25, 0.3) is 0 Å². The third kappa shape index (κ3) is 28.2. The van der Waals surface area contributed by atoms with E-state index in [1.165, 1.54) is 0 Å². The topological polar surface area (TPSA) is 242 Å². The molecule has 2 saturated heterocycles. The third-order valence-electron chi connectivity index (χ3n) is 12.0. The van der Waals surface area contributed by atoms with Crippen LogP contribution >= 0.6 is 0 Å². The third-order valence-corrected chi connectivity index (χ3v) is 12.0. The Hall–Kier alpha value is -5.52. The van der Waals surface area contributed by atoms with Crippen LogP contribution in [-0.4, -0.2) is 258 Å². The van der Waals surface area contributed by atoms with E-state index in [0.717, 1.165) is 30.2 Å². The lowest BCUT2D eigenvalue weighted by atomic mass is 10.1. The second-order valence-electron chi connectivity index (χ2n) is 21.0. The fourth-order valence-corrected chi connectivity index (χ4v) is 8.34.